The molecule has 0 atom stereocenters. The Hall–Kier alpha value is -2.68. The maximum absolute atomic E-state index is 12.0. The van der Waals surface area contributed by atoms with Gasteiger partial charge in [-0.3, -0.25) is 9.59 Å². The van der Waals surface area contributed by atoms with E-state index in [0.29, 0.717) is 11.3 Å². The van der Waals surface area contributed by atoms with Crippen LogP contribution in [0, 0.1) is 6.92 Å². The highest BCUT2D eigenvalue weighted by molar-refractivity contribution is 5.85. The number of hydrogen-bond acceptors (Lipinski definition) is 3. The number of hydrogen-bond donors (Lipinski definition) is 0. The molecule has 0 amide bonds. The van der Waals surface area contributed by atoms with Gasteiger partial charge in [0.25, 0.3) is 5.43 Å². The molecular formula is C18H15NO2. The van der Waals surface area contributed by atoms with Gasteiger partial charge in [-0.25, -0.2) is 0 Å². The Bertz CT molecular complexity index is 859. The maximum atomic E-state index is 12.0. The zero-order valence-corrected chi connectivity index (χ0v) is 12.0. The Kier molecular flexibility index (Phi) is 3.18. The van der Waals surface area contributed by atoms with E-state index in [9.17, 15) is 9.59 Å². The van der Waals surface area contributed by atoms with Crippen LogP contribution in [0.1, 0.15) is 5.56 Å². The number of benzene rings is 2. The van der Waals surface area contributed by atoms with Gasteiger partial charge in [0.05, 0.1) is 5.56 Å². The molecule has 3 rings (SSSR count). The summed E-state index contributed by atoms with van der Waals surface area (Å²) in [7, 11) is 1.82. The van der Waals surface area contributed by atoms with Gasteiger partial charge in [0.1, 0.15) is 5.69 Å². The van der Waals surface area contributed by atoms with Crippen molar-refractivity contribution >= 4 is 11.4 Å². The number of anilines is 2. The molecule has 0 spiro atoms. The molecule has 0 saturated heterocycles. The first kappa shape index (κ1) is 13.3. The number of aryl methyl sites for hydroxylation is 1. The Morgan fingerprint density at radius 1 is 0.857 bits per heavy atom. The van der Waals surface area contributed by atoms with Crippen molar-refractivity contribution in [2.75, 3.05) is 11.9 Å². The van der Waals surface area contributed by atoms with E-state index in [4.69, 9.17) is 0 Å². The molecule has 0 unspecified atom stereocenters. The molecule has 21 heavy (non-hydrogen) atoms. The molecule has 104 valence electrons. The fourth-order valence-corrected chi connectivity index (χ4v) is 2.54. The van der Waals surface area contributed by atoms with Crippen LogP contribution >= 0.6 is 0 Å². The molecule has 0 aliphatic carbocycles. The van der Waals surface area contributed by atoms with Crippen LogP contribution in [0.5, 0.6) is 0 Å². The van der Waals surface area contributed by atoms with Crippen molar-refractivity contribution in [3.63, 3.8) is 0 Å². The van der Waals surface area contributed by atoms with E-state index in [0.717, 1.165) is 16.8 Å². The minimum Gasteiger partial charge on any atom is -0.341 e. The molecule has 3 heteroatoms. The molecule has 3 nitrogen and oxygen atoms in total. The standard InChI is InChI=1S/C18H15NO2/c1-12-7-6-10-14(11-12)19(2)16-15(17(20)18(16)21)13-8-4-3-5-9-13/h3-11H,1-2H3. The molecule has 0 bridgehead atoms. The van der Waals surface area contributed by atoms with Crippen LogP contribution in [0.25, 0.3) is 11.1 Å². The smallest absolute Gasteiger partial charge is 0.250 e. The quantitative estimate of drug-likeness (QED) is 0.691. The lowest BCUT2D eigenvalue weighted by molar-refractivity contribution is 1.16. The summed E-state index contributed by atoms with van der Waals surface area (Å²) in [6.45, 7) is 2.00. The van der Waals surface area contributed by atoms with Gasteiger partial charge in [-0.15, -0.1) is 0 Å². The van der Waals surface area contributed by atoms with Crippen LogP contribution in [0.3, 0.4) is 0 Å². The molecule has 0 heterocycles. The van der Waals surface area contributed by atoms with Crippen LogP contribution in [0.2, 0.25) is 0 Å². The molecule has 0 fully saturated rings. The highest BCUT2D eigenvalue weighted by atomic mass is 16.2. The van der Waals surface area contributed by atoms with Crippen LogP contribution in [0.4, 0.5) is 11.4 Å². The lowest BCUT2D eigenvalue weighted by atomic mass is 9.97. The summed E-state index contributed by atoms with van der Waals surface area (Å²) in [5.74, 6) is 0. The number of nitrogens with zero attached hydrogens (tertiary/aromatic N) is 1. The first-order valence-electron chi connectivity index (χ1n) is 6.78. The van der Waals surface area contributed by atoms with Crippen LogP contribution < -0.4 is 15.8 Å². The lowest BCUT2D eigenvalue weighted by Gasteiger charge is -2.23. The topological polar surface area (TPSA) is 37.4 Å². The second-order valence-corrected chi connectivity index (χ2v) is 5.15. The van der Waals surface area contributed by atoms with Crippen molar-refractivity contribution in [1.82, 2.24) is 0 Å². The van der Waals surface area contributed by atoms with E-state index < -0.39 is 10.9 Å². The third-order valence-corrected chi connectivity index (χ3v) is 3.67. The van der Waals surface area contributed by atoms with Gasteiger partial charge >= 0.3 is 0 Å². The molecule has 0 aromatic heterocycles. The first-order valence-corrected chi connectivity index (χ1v) is 6.78. The van der Waals surface area contributed by atoms with Gasteiger partial charge in [-0.2, -0.15) is 0 Å². The van der Waals surface area contributed by atoms with E-state index >= 15 is 0 Å². The first-order chi connectivity index (χ1) is 10.1. The minimum atomic E-state index is -0.419. The zero-order chi connectivity index (χ0) is 15.0. The Morgan fingerprint density at radius 3 is 2.24 bits per heavy atom. The van der Waals surface area contributed by atoms with E-state index in [1.165, 1.54) is 0 Å². The monoisotopic (exact) mass is 277 g/mol. The van der Waals surface area contributed by atoms with Gasteiger partial charge in [0.2, 0.25) is 5.43 Å². The Morgan fingerprint density at radius 2 is 1.57 bits per heavy atom. The molecule has 0 N–H and O–H groups in total. The second-order valence-electron chi connectivity index (χ2n) is 5.15. The lowest BCUT2D eigenvalue weighted by Crippen LogP contribution is -2.38. The normalized spacial score (nSPS) is 10.8. The van der Waals surface area contributed by atoms with E-state index in [2.05, 4.69) is 0 Å². The van der Waals surface area contributed by atoms with Gasteiger partial charge in [-0.1, -0.05) is 42.5 Å². The summed E-state index contributed by atoms with van der Waals surface area (Å²) < 4.78 is 0. The van der Waals surface area contributed by atoms with Crippen LogP contribution in [-0.2, 0) is 0 Å². The fourth-order valence-electron chi connectivity index (χ4n) is 2.54. The fraction of sp³-hybridized carbons (Fsp3) is 0.111. The second kappa shape index (κ2) is 5.02. The van der Waals surface area contributed by atoms with Gasteiger partial charge in [0, 0.05) is 12.7 Å². The summed E-state index contributed by atoms with van der Waals surface area (Å²) in [5.41, 5.74) is 2.95. The van der Waals surface area contributed by atoms with Crippen LogP contribution in [0.15, 0.2) is 64.2 Å². The van der Waals surface area contributed by atoms with E-state index in [-0.39, 0.29) is 0 Å². The molecular weight excluding hydrogens is 262 g/mol. The summed E-state index contributed by atoms with van der Waals surface area (Å²) in [5, 5.41) is 0. The van der Waals surface area contributed by atoms with Crippen molar-refractivity contribution in [2.45, 2.75) is 6.92 Å². The van der Waals surface area contributed by atoms with Crippen molar-refractivity contribution in [3.8, 4) is 11.1 Å². The molecule has 0 saturated carbocycles. The Balaban J connectivity index is 2.11. The third-order valence-electron chi connectivity index (χ3n) is 3.67. The van der Waals surface area contributed by atoms with Gasteiger partial charge < -0.3 is 4.90 Å². The summed E-state index contributed by atoms with van der Waals surface area (Å²) in [6, 6.07) is 17.2. The summed E-state index contributed by atoms with van der Waals surface area (Å²) in [6.07, 6.45) is 0. The van der Waals surface area contributed by atoms with Gasteiger partial charge in [-0.05, 0) is 30.2 Å². The number of rotatable bonds is 3. The Labute approximate surface area is 122 Å². The molecule has 0 aliphatic rings. The average molecular weight is 277 g/mol. The van der Waals surface area contributed by atoms with Crippen molar-refractivity contribution in [1.29, 1.82) is 0 Å². The van der Waals surface area contributed by atoms with Crippen LogP contribution in [-0.4, -0.2) is 7.05 Å². The molecule has 3 aromatic rings. The predicted octanol–water partition coefficient (Wildman–Crippen LogP) is 3.03. The SMILES string of the molecule is Cc1cccc(N(C)c2c(-c3ccccc3)c(=O)c2=O)c1. The molecule has 3 aromatic carbocycles. The zero-order valence-electron chi connectivity index (χ0n) is 12.0. The van der Waals surface area contributed by atoms with Crippen molar-refractivity contribution in [3.05, 3.63) is 80.6 Å². The predicted molar refractivity (Wildman–Crippen MR) is 86.0 cm³/mol. The van der Waals surface area contributed by atoms with Crippen molar-refractivity contribution < 1.29 is 0 Å². The van der Waals surface area contributed by atoms with Crippen molar-refractivity contribution in [2.24, 2.45) is 0 Å². The third kappa shape index (κ3) is 2.17. The highest BCUT2D eigenvalue weighted by Gasteiger charge is 2.25. The molecule has 0 radical (unpaired) electrons. The molecule has 0 aliphatic heterocycles. The average Bonchev–Trinajstić information content (AvgIpc) is 2.51. The summed E-state index contributed by atoms with van der Waals surface area (Å²) >= 11 is 0. The minimum absolute atomic E-state index is 0.407. The van der Waals surface area contributed by atoms with Gasteiger partial charge in [0.15, 0.2) is 0 Å². The van der Waals surface area contributed by atoms with E-state index in [1.54, 1.807) is 4.90 Å². The largest absolute Gasteiger partial charge is 0.341 e. The summed E-state index contributed by atoms with van der Waals surface area (Å²) in [4.78, 5) is 25.7. The maximum Gasteiger partial charge on any atom is 0.250 e. The van der Waals surface area contributed by atoms with E-state index in [1.807, 2.05) is 68.6 Å². The highest BCUT2D eigenvalue weighted by Crippen LogP contribution is 2.30.